The van der Waals surface area contributed by atoms with Crippen LogP contribution in [-0.2, 0) is 4.79 Å². The van der Waals surface area contributed by atoms with Crippen LogP contribution in [0.5, 0.6) is 5.75 Å². The molecule has 0 fully saturated rings. The maximum absolute atomic E-state index is 12.6. The number of rotatable bonds is 4. The van der Waals surface area contributed by atoms with Crippen LogP contribution in [0.15, 0.2) is 24.3 Å². The molecule has 1 N–H and O–H groups in total. The summed E-state index contributed by atoms with van der Waals surface area (Å²) in [5.74, 6) is 0.563. The molecule has 1 amide bonds. The Morgan fingerprint density at radius 3 is 2.79 bits per heavy atom. The van der Waals surface area contributed by atoms with E-state index in [1.165, 1.54) is 0 Å². The van der Waals surface area contributed by atoms with Crippen molar-refractivity contribution < 1.29 is 14.6 Å². The van der Waals surface area contributed by atoms with Crippen molar-refractivity contribution in [3.63, 3.8) is 0 Å². The van der Waals surface area contributed by atoms with Crippen molar-refractivity contribution in [2.24, 2.45) is 0 Å². The van der Waals surface area contributed by atoms with Gasteiger partial charge in [0, 0.05) is 18.7 Å². The third-order valence-corrected chi connectivity index (χ3v) is 3.27. The van der Waals surface area contributed by atoms with Gasteiger partial charge >= 0.3 is 0 Å². The van der Waals surface area contributed by atoms with Gasteiger partial charge in [-0.2, -0.15) is 0 Å². The van der Waals surface area contributed by atoms with Crippen molar-refractivity contribution in [3.8, 4) is 5.75 Å². The predicted octanol–water partition coefficient (Wildman–Crippen LogP) is 1.78. The first-order valence-corrected chi connectivity index (χ1v) is 6.65. The minimum absolute atomic E-state index is 0.0228. The summed E-state index contributed by atoms with van der Waals surface area (Å²) >= 11 is 0. The first-order valence-electron chi connectivity index (χ1n) is 6.65. The van der Waals surface area contributed by atoms with Crippen LogP contribution in [0.1, 0.15) is 32.3 Å². The number of hydrogen-bond donors (Lipinski definition) is 1. The van der Waals surface area contributed by atoms with E-state index < -0.39 is 5.60 Å². The van der Waals surface area contributed by atoms with Crippen LogP contribution in [0.3, 0.4) is 0 Å². The number of benzene rings is 1. The van der Waals surface area contributed by atoms with Crippen molar-refractivity contribution in [3.05, 3.63) is 29.8 Å². The van der Waals surface area contributed by atoms with Crippen molar-refractivity contribution in [1.29, 1.82) is 0 Å². The summed E-state index contributed by atoms with van der Waals surface area (Å²) in [5.41, 5.74) is 0.0617. The molecule has 0 saturated heterocycles. The van der Waals surface area contributed by atoms with E-state index in [-0.39, 0.29) is 11.8 Å². The van der Waals surface area contributed by atoms with Crippen LogP contribution >= 0.6 is 0 Å². The number of ether oxygens (including phenoxy) is 1. The Balaban J connectivity index is 2.16. The lowest BCUT2D eigenvalue weighted by atomic mass is 9.99. The molecule has 1 heterocycles. The van der Waals surface area contributed by atoms with Crippen LogP contribution in [0.2, 0.25) is 0 Å². The van der Waals surface area contributed by atoms with Crippen LogP contribution < -0.4 is 4.74 Å². The Morgan fingerprint density at radius 1 is 1.47 bits per heavy atom. The zero-order chi connectivity index (χ0) is 14.0. The SMILES string of the molecule is CCN(CC(C)(C)O)C(=O)C1COc2ccccc21. The predicted molar refractivity (Wildman–Crippen MR) is 73.2 cm³/mol. The molecule has 1 aliphatic rings. The van der Waals surface area contributed by atoms with E-state index in [1.807, 2.05) is 31.2 Å². The highest BCUT2D eigenvalue weighted by molar-refractivity contribution is 5.85. The number of carbonyl (C=O) groups excluding carboxylic acids is 1. The second-order valence-corrected chi connectivity index (χ2v) is 5.57. The number of aliphatic hydroxyl groups is 1. The summed E-state index contributed by atoms with van der Waals surface area (Å²) in [6.45, 7) is 6.65. The number of nitrogens with zero attached hydrogens (tertiary/aromatic N) is 1. The van der Waals surface area contributed by atoms with Gasteiger partial charge in [0.1, 0.15) is 18.3 Å². The highest BCUT2D eigenvalue weighted by Crippen LogP contribution is 2.34. The summed E-state index contributed by atoms with van der Waals surface area (Å²) < 4.78 is 5.55. The fourth-order valence-electron chi connectivity index (χ4n) is 2.40. The van der Waals surface area contributed by atoms with E-state index in [0.29, 0.717) is 19.7 Å². The standard InChI is InChI=1S/C15H21NO3/c1-4-16(10-15(2,3)18)14(17)12-9-19-13-8-6-5-7-11(12)13/h5-8,12,18H,4,9-10H2,1-3H3. The summed E-state index contributed by atoms with van der Waals surface area (Å²) in [6, 6.07) is 7.64. The van der Waals surface area contributed by atoms with Crippen LogP contribution in [0, 0.1) is 0 Å². The van der Waals surface area contributed by atoms with Crippen molar-refractivity contribution in [2.45, 2.75) is 32.3 Å². The topological polar surface area (TPSA) is 49.8 Å². The smallest absolute Gasteiger partial charge is 0.233 e. The molecule has 0 bridgehead atoms. The molecule has 0 aromatic heterocycles. The zero-order valence-corrected chi connectivity index (χ0v) is 11.7. The number of likely N-dealkylation sites (N-methyl/N-ethyl adjacent to an activating group) is 1. The van der Waals surface area contributed by atoms with Gasteiger partial charge in [0.25, 0.3) is 0 Å². The van der Waals surface area contributed by atoms with Gasteiger partial charge in [0.05, 0.1) is 5.60 Å². The van der Waals surface area contributed by atoms with Crippen molar-refractivity contribution in [1.82, 2.24) is 4.90 Å². The Labute approximate surface area is 114 Å². The van der Waals surface area contributed by atoms with E-state index in [0.717, 1.165) is 11.3 Å². The number of amides is 1. The zero-order valence-electron chi connectivity index (χ0n) is 11.7. The third-order valence-electron chi connectivity index (χ3n) is 3.27. The van der Waals surface area contributed by atoms with E-state index in [9.17, 15) is 9.90 Å². The number of para-hydroxylation sites is 1. The molecular formula is C15H21NO3. The molecule has 1 aromatic rings. The van der Waals surface area contributed by atoms with Gasteiger partial charge < -0.3 is 14.7 Å². The van der Waals surface area contributed by atoms with Gasteiger partial charge in [0.15, 0.2) is 0 Å². The van der Waals surface area contributed by atoms with E-state index in [1.54, 1.807) is 18.7 Å². The first-order chi connectivity index (χ1) is 8.92. The molecule has 1 unspecified atom stereocenters. The highest BCUT2D eigenvalue weighted by atomic mass is 16.5. The third kappa shape index (κ3) is 3.07. The summed E-state index contributed by atoms with van der Waals surface area (Å²) in [6.07, 6.45) is 0. The number of hydrogen-bond acceptors (Lipinski definition) is 3. The first kappa shape index (κ1) is 13.9. The summed E-state index contributed by atoms with van der Waals surface area (Å²) in [4.78, 5) is 14.2. The second kappa shape index (κ2) is 5.21. The number of fused-ring (bicyclic) bond motifs is 1. The van der Waals surface area contributed by atoms with Gasteiger partial charge in [-0.1, -0.05) is 18.2 Å². The minimum Gasteiger partial charge on any atom is -0.492 e. The van der Waals surface area contributed by atoms with Gasteiger partial charge in [0.2, 0.25) is 5.91 Å². The normalized spacial score (nSPS) is 17.8. The summed E-state index contributed by atoms with van der Waals surface area (Å²) in [7, 11) is 0. The molecule has 104 valence electrons. The molecule has 19 heavy (non-hydrogen) atoms. The Hall–Kier alpha value is -1.55. The molecule has 0 spiro atoms. The molecule has 1 aliphatic heterocycles. The molecule has 2 rings (SSSR count). The Morgan fingerprint density at radius 2 is 2.16 bits per heavy atom. The lowest BCUT2D eigenvalue weighted by molar-refractivity contribution is -0.135. The quantitative estimate of drug-likeness (QED) is 0.901. The maximum atomic E-state index is 12.6. The van der Waals surface area contributed by atoms with Crippen LogP contribution in [-0.4, -0.2) is 41.2 Å². The maximum Gasteiger partial charge on any atom is 0.233 e. The lowest BCUT2D eigenvalue weighted by Crippen LogP contribution is -2.44. The van der Waals surface area contributed by atoms with E-state index >= 15 is 0 Å². The van der Waals surface area contributed by atoms with E-state index in [2.05, 4.69) is 0 Å². The molecule has 1 atom stereocenters. The lowest BCUT2D eigenvalue weighted by Gasteiger charge is -2.29. The van der Waals surface area contributed by atoms with Crippen molar-refractivity contribution >= 4 is 5.91 Å². The molecule has 4 nitrogen and oxygen atoms in total. The molecule has 1 aromatic carbocycles. The minimum atomic E-state index is -0.884. The van der Waals surface area contributed by atoms with Crippen LogP contribution in [0.4, 0.5) is 0 Å². The van der Waals surface area contributed by atoms with Gasteiger partial charge in [-0.15, -0.1) is 0 Å². The second-order valence-electron chi connectivity index (χ2n) is 5.57. The van der Waals surface area contributed by atoms with Gasteiger partial charge in [-0.05, 0) is 26.8 Å². The Bertz CT molecular complexity index is 465. The Kier molecular flexibility index (Phi) is 3.80. The molecule has 0 aliphatic carbocycles. The van der Waals surface area contributed by atoms with Gasteiger partial charge in [-0.25, -0.2) is 0 Å². The average Bonchev–Trinajstić information content (AvgIpc) is 2.78. The van der Waals surface area contributed by atoms with Crippen molar-refractivity contribution in [2.75, 3.05) is 19.7 Å². The van der Waals surface area contributed by atoms with Crippen LogP contribution in [0.25, 0.3) is 0 Å². The largest absolute Gasteiger partial charge is 0.492 e. The summed E-state index contributed by atoms with van der Waals surface area (Å²) in [5, 5.41) is 9.88. The van der Waals surface area contributed by atoms with E-state index in [4.69, 9.17) is 4.74 Å². The molecular weight excluding hydrogens is 242 g/mol. The molecule has 0 saturated carbocycles. The fraction of sp³-hybridized carbons (Fsp3) is 0.533. The fourth-order valence-corrected chi connectivity index (χ4v) is 2.40. The molecule has 0 radical (unpaired) electrons. The average molecular weight is 263 g/mol. The highest BCUT2D eigenvalue weighted by Gasteiger charge is 2.34. The monoisotopic (exact) mass is 263 g/mol. The van der Waals surface area contributed by atoms with Gasteiger partial charge in [-0.3, -0.25) is 4.79 Å². The molecule has 4 heteroatoms. The number of carbonyl (C=O) groups is 1.